The van der Waals surface area contributed by atoms with Crippen LogP contribution in [0.1, 0.15) is 91.9 Å². The normalized spacial score (nSPS) is 62.5. The van der Waals surface area contributed by atoms with E-state index >= 15 is 0 Å². The number of hydrogen-bond donors (Lipinski definition) is 1. The van der Waals surface area contributed by atoms with Crippen LogP contribution in [0.3, 0.4) is 0 Å². The molecule has 2 aliphatic heterocycles. The van der Waals surface area contributed by atoms with Gasteiger partial charge in [0.25, 0.3) is 0 Å². The molecular weight excluding hydrogens is 372 g/mol. The molecule has 0 radical (unpaired) electrons. The smallest absolute Gasteiger partial charge is 0.171 e. The van der Waals surface area contributed by atoms with Crippen LogP contribution >= 0.6 is 0 Å². The molecule has 0 amide bonds. The van der Waals surface area contributed by atoms with Gasteiger partial charge in [-0.1, -0.05) is 40.5 Å². The van der Waals surface area contributed by atoms with Gasteiger partial charge in [0.1, 0.15) is 0 Å². The minimum atomic E-state index is -0.306. The molecule has 3 heteroatoms. The molecule has 1 N–H and O–H groups in total. The summed E-state index contributed by atoms with van der Waals surface area (Å²) in [6, 6.07) is 0. The van der Waals surface area contributed by atoms with Crippen LogP contribution in [0.25, 0.3) is 0 Å². The van der Waals surface area contributed by atoms with Gasteiger partial charge in [0.05, 0.1) is 18.8 Å². The number of fused-ring (bicyclic) bond motifs is 7. The van der Waals surface area contributed by atoms with Gasteiger partial charge >= 0.3 is 0 Å². The number of hydrogen-bond acceptors (Lipinski definition) is 3. The Labute approximate surface area is 183 Å². The van der Waals surface area contributed by atoms with E-state index < -0.39 is 0 Å². The van der Waals surface area contributed by atoms with Gasteiger partial charge in [-0.3, -0.25) is 0 Å². The van der Waals surface area contributed by atoms with Crippen LogP contribution in [-0.2, 0) is 9.47 Å². The average molecular weight is 417 g/mol. The van der Waals surface area contributed by atoms with Crippen molar-refractivity contribution in [3.8, 4) is 0 Å². The maximum Gasteiger partial charge on any atom is 0.171 e. The fourth-order valence-electron chi connectivity index (χ4n) is 10.4. The SMILES string of the molecule is C[C@@H]1CC[C@@]2(OC1)O[C@H]1C[C@H]3[C@@H]4CC(O)C5CCCC[C@]5(C)[C@H]4CC[C@]3(C)[C@H]1[C@@H]2C. The monoisotopic (exact) mass is 416 g/mol. The van der Waals surface area contributed by atoms with Crippen LogP contribution in [0.15, 0.2) is 0 Å². The summed E-state index contributed by atoms with van der Waals surface area (Å²) >= 11 is 0. The van der Waals surface area contributed by atoms with Crippen molar-refractivity contribution in [3.05, 3.63) is 0 Å². The molecule has 6 rings (SSSR count). The van der Waals surface area contributed by atoms with Gasteiger partial charge < -0.3 is 14.6 Å². The van der Waals surface area contributed by atoms with Crippen LogP contribution in [0.4, 0.5) is 0 Å². The summed E-state index contributed by atoms with van der Waals surface area (Å²) in [7, 11) is 0. The molecule has 2 heterocycles. The highest BCUT2D eigenvalue weighted by atomic mass is 16.7. The van der Waals surface area contributed by atoms with E-state index in [9.17, 15) is 5.11 Å². The van der Waals surface area contributed by atoms with Crippen molar-refractivity contribution in [2.75, 3.05) is 6.61 Å². The predicted octanol–water partition coefficient (Wildman–Crippen LogP) is 5.79. The molecule has 6 aliphatic rings. The quantitative estimate of drug-likeness (QED) is 0.543. The first-order valence-corrected chi connectivity index (χ1v) is 13.3. The Hall–Kier alpha value is -0.120. The molecule has 4 saturated carbocycles. The molecule has 0 aromatic rings. The number of ether oxygens (including phenoxy) is 2. The Kier molecular flexibility index (Phi) is 4.58. The highest BCUT2D eigenvalue weighted by Gasteiger charge is 2.69. The standard InChI is InChI=1S/C27H44O3/c1-16-8-12-27(29-15-16)17(2)24-23(30-27)14-21-18-13-22(28)20-7-5-6-10-25(20,3)19(18)9-11-26(21,24)4/h16-24,28H,5-15H2,1-4H3/t16-,17+,18-,19+,20?,21+,22?,23+,24+,25-,26+,27-/m1/s1. The zero-order chi connectivity index (χ0) is 20.9. The van der Waals surface area contributed by atoms with Gasteiger partial charge in [0.2, 0.25) is 0 Å². The van der Waals surface area contributed by atoms with E-state index in [4.69, 9.17) is 9.47 Å². The van der Waals surface area contributed by atoms with Crippen molar-refractivity contribution in [2.24, 2.45) is 52.3 Å². The van der Waals surface area contributed by atoms with Gasteiger partial charge in [-0.05, 0) is 91.3 Å². The third-order valence-corrected chi connectivity index (χ3v) is 11.9. The molecule has 6 fully saturated rings. The van der Waals surface area contributed by atoms with Gasteiger partial charge in [-0.15, -0.1) is 0 Å². The van der Waals surface area contributed by atoms with Gasteiger partial charge in [-0.25, -0.2) is 0 Å². The van der Waals surface area contributed by atoms with Crippen molar-refractivity contribution in [1.29, 1.82) is 0 Å². The lowest BCUT2D eigenvalue weighted by Gasteiger charge is -2.62. The van der Waals surface area contributed by atoms with E-state index in [1.54, 1.807) is 0 Å². The molecule has 0 bridgehead atoms. The second kappa shape index (κ2) is 6.70. The summed E-state index contributed by atoms with van der Waals surface area (Å²) in [6.07, 6.45) is 12.9. The second-order valence-electron chi connectivity index (χ2n) is 13.1. The lowest BCUT2D eigenvalue weighted by atomic mass is 9.44. The van der Waals surface area contributed by atoms with Crippen molar-refractivity contribution in [2.45, 2.75) is 110 Å². The first-order valence-electron chi connectivity index (χ1n) is 13.3. The van der Waals surface area contributed by atoms with Crippen molar-refractivity contribution >= 4 is 0 Å². The molecule has 1 spiro atoms. The highest BCUT2D eigenvalue weighted by Crippen LogP contribution is 2.71. The highest BCUT2D eigenvalue weighted by molar-refractivity contribution is 5.16. The Balaban J connectivity index is 1.29. The molecule has 0 aromatic heterocycles. The Morgan fingerprint density at radius 2 is 1.67 bits per heavy atom. The zero-order valence-electron chi connectivity index (χ0n) is 19.7. The molecule has 2 unspecified atom stereocenters. The molecule has 30 heavy (non-hydrogen) atoms. The fourth-order valence-corrected chi connectivity index (χ4v) is 10.4. The molecule has 0 aromatic carbocycles. The molecule has 3 nitrogen and oxygen atoms in total. The van der Waals surface area contributed by atoms with Crippen molar-refractivity contribution in [1.82, 2.24) is 0 Å². The zero-order valence-corrected chi connectivity index (χ0v) is 19.7. The summed E-state index contributed by atoms with van der Waals surface area (Å²) in [5.41, 5.74) is 0.731. The van der Waals surface area contributed by atoms with Gasteiger partial charge in [-0.2, -0.15) is 0 Å². The van der Waals surface area contributed by atoms with E-state index in [-0.39, 0.29) is 11.9 Å². The topological polar surface area (TPSA) is 38.7 Å². The van der Waals surface area contributed by atoms with E-state index in [2.05, 4.69) is 27.7 Å². The number of aliphatic hydroxyl groups is 1. The van der Waals surface area contributed by atoms with Crippen molar-refractivity contribution < 1.29 is 14.6 Å². The molecule has 4 aliphatic carbocycles. The Morgan fingerprint density at radius 3 is 2.43 bits per heavy atom. The van der Waals surface area contributed by atoms with Gasteiger partial charge in [0.15, 0.2) is 5.79 Å². The third-order valence-electron chi connectivity index (χ3n) is 11.9. The molecular formula is C27H44O3. The maximum absolute atomic E-state index is 11.2. The first-order chi connectivity index (χ1) is 14.3. The van der Waals surface area contributed by atoms with Crippen LogP contribution < -0.4 is 0 Å². The first kappa shape index (κ1) is 20.5. The van der Waals surface area contributed by atoms with E-state index in [1.807, 2.05) is 0 Å². The Morgan fingerprint density at radius 1 is 0.833 bits per heavy atom. The van der Waals surface area contributed by atoms with Crippen LogP contribution in [0.2, 0.25) is 0 Å². The van der Waals surface area contributed by atoms with Crippen molar-refractivity contribution in [3.63, 3.8) is 0 Å². The number of aliphatic hydroxyl groups excluding tert-OH is 1. The summed E-state index contributed by atoms with van der Waals surface area (Å²) in [5, 5.41) is 11.2. The summed E-state index contributed by atoms with van der Waals surface area (Å²) in [5.74, 6) is 4.27. The predicted molar refractivity (Wildman–Crippen MR) is 118 cm³/mol. The molecule has 12 atom stereocenters. The van der Waals surface area contributed by atoms with E-state index in [0.29, 0.717) is 46.5 Å². The minimum Gasteiger partial charge on any atom is -0.393 e. The van der Waals surface area contributed by atoms with Crippen LogP contribution in [-0.4, -0.2) is 29.7 Å². The largest absolute Gasteiger partial charge is 0.393 e. The van der Waals surface area contributed by atoms with Crippen LogP contribution in [0.5, 0.6) is 0 Å². The third kappa shape index (κ3) is 2.55. The summed E-state index contributed by atoms with van der Waals surface area (Å²) in [4.78, 5) is 0. The van der Waals surface area contributed by atoms with Gasteiger partial charge in [0, 0.05) is 12.3 Å². The Bertz CT molecular complexity index is 684. The molecule has 170 valence electrons. The lowest BCUT2D eigenvalue weighted by Crippen LogP contribution is -2.57. The average Bonchev–Trinajstić information content (AvgIpc) is 3.15. The lowest BCUT2D eigenvalue weighted by molar-refractivity contribution is -0.273. The maximum atomic E-state index is 11.2. The summed E-state index contributed by atoms with van der Waals surface area (Å²) < 4.78 is 13.3. The fraction of sp³-hybridized carbons (Fsp3) is 1.00. The van der Waals surface area contributed by atoms with E-state index in [1.165, 1.54) is 51.4 Å². The minimum absolute atomic E-state index is 0.0767. The molecule has 2 saturated heterocycles. The van der Waals surface area contributed by atoms with Crippen LogP contribution in [0, 0.1) is 52.3 Å². The summed E-state index contributed by atoms with van der Waals surface area (Å²) in [6.45, 7) is 10.8. The van der Waals surface area contributed by atoms with E-state index in [0.717, 1.165) is 31.3 Å². The number of rotatable bonds is 0. The second-order valence-corrected chi connectivity index (χ2v) is 13.1.